The van der Waals surface area contributed by atoms with Crippen LogP contribution in [0, 0.1) is 5.92 Å². The van der Waals surface area contributed by atoms with Crippen molar-refractivity contribution in [2.75, 3.05) is 19.7 Å². The van der Waals surface area contributed by atoms with Crippen molar-refractivity contribution in [2.45, 2.75) is 19.8 Å². The Morgan fingerprint density at radius 3 is 3.05 bits per heavy atom. The number of carbonyl (C=O) groups is 1. The molecule has 0 aromatic carbocycles. The van der Waals surface area contributed by atoms with E-state index in [1.54, 1.807) is 19.3 Å². The molecule has 1 saturated heterocycles. The molecule has 1 aliphatic rings. The van der Waals surface area contributed by atoms with Crippen LogP contribution in [0.15, 0.2) is 30.6 Å². The minimum absolute atomic E-state index is 0.148. The first-order valence-electron chi connectivity index (χ1n) is 7.56. The highest BCUT2D eigenvalue weighted by molar-refractivity contribution is 5.73. The maximum atomic E-state index is 11.4. The molecule has 0 unspecified atom stereocenters. The van der Waals surface area contributed by atoms with Gasteiger partial charge in [-0.05, 0) is 31.0 Å². The first-order valence-corrected chi connectivity index (χ1v) is 7.56. The van der Waals surface area contributed by atoms with Crippen molar-refractivity contribution in [1.29, 1.82) is 0 Å². The SMILES string of the molecule is CC(=O)N1CCC[C@H](COc2ccc(-c3ccn[nH]3)nc2)C1. The number of amides is 1. The highest BCUT2D eigenvalue weighted by Crippen LogP contribution is 2.20. The van der Waals surface area contributed by atoms with Crippen molar-refractivity contribution in [3.8, 4) is 17.1 Å². The lowest BCUT2D eigenvalue weighted by molar-refractivity contribution is -0.130. The van der Waals surface area contributed by atoms with Gasteiger partial charge in [-0.3, -0.25) is 14.9 Å². The third-order valence-corrected chi connectivity index (χ3v) is 3.96. The summed E-state index contributed by atoms with van der Waals surface area (Å²) in [7, 11) is 0. The third kappa shape index (κ3) is 3.44. The Kier molecular flexibility index (Phi) is 4.37. The van der Waals surface area contributed by atoms with Gasteiger partial charge in [0.2, 0.25) is 5.91 Å². The summed E-state index contributed by atoms with van der Waals surface area (Å²) in [6, 6.07) is 5.70. The number of pyridine rings is 1. The van der Waals surface area contributed by atoms with Crippen molar-refractivity contribution < 1.29 is 9.53 Å². The van der Waals surface area contributed by atoms with Gasteiger partial charge in [-0.25, -0.2) is 0 Å². The third-order valence-electron chi connectivity index (χ3n) is 3.96. The van der Waals surface area contributed by atoms with Crippen molar-refractivity contribution in [1.82, 2.24) is 20.1 Å². The number of carbonyl (C=O) groups excluding carboxylic acids is 1. The van der Waals surface area contributed by atoms with Gasteiger partial charge in [0.15, 0.2) is 0 Å². The molecule has 0 saturated carbocycles. The number of nitrogens with one attached hydrogen (secondary N) is 1. The monoisotopic (exact) mass is 300 g/mol. The molecule has 0 aliphatic carbocycles. The van der Waals surface area contributed by atoms with E-state index in [2.05, 4.69) is 15.2 Å². The van der Waals surface area contributed by atoms with Gasteiger partial charge in [0.1, 0.15) is 5.75 Å². The lowest BCUT2D eigenvalue weighted by Gasteiger charge is -2.31. The van der Waals surface area contributed by atoms with Gasteiger partial charge in [-0.1, -0.05) is 0 Å². The summed E-state index contributed by atoms with van der Waals surface area (Å²) < 4.78 is 5.82. The van der Waals surface area contributed by atoms with Crippen LogP contribution < -0.4 is 4.74 Å². The average molecular weight is 300 g/mol. The van der Waals surface area contributed by atoms with Gasteiger partial charge in [0, 0.05) is 32.1 Å². The van der Waals surface area contributed by atoms with E-state index in [1.807, 2.05) is 23.1 Å². The number of ether oxygens (including phenoxy) is 1. The number of hydrogen-bond acceptors (Lipinski definition) is 4. The number of hydrogen-bond donors (Lipinski definition) is 1. The fourth-order valence-corrected chi connectivity index (χ4v) is 2.72. The summed E-state index contributed by atoms with van der Waals surface area (Å²) in [5.41, 5.74) is 1.72. The second kappa shape index (κ2) is 6.60. The van der Waals surface area contributed by atoms with Crippen LogP contribution in [0.2, 0.25) is 0 Å². The zero-order chi connectivity index (χ0) is 15.4. The van der Waals surface area contributed by atoms with Crippen molar-refractivity contribution in [2.24, 2.45) is 5.92 Å². The largest absolute Gasteiger partial charge is 0.492 e. The maximum Gasteiger partial charge on any atom is 0.219 e. The number of H-pyrrole nitrogens is 1. The van der Waals surface area contributed by atoms with E-state index < -0.39 is 0 Å². The molecule has 2 aromatic rings. The molecular weight excluding hydrogens is 280 g/mol. The predicted molar refractivity (Wildman–Crippen MR) is 82.3 cm³/mol. The van der Waals surface area contributed by atoms with E-state index in [0.717, 1.165) is 43.1 Å². The number of aromatic nitrogens is 3. The minimum atomic E-state index is 0.148. The summed E-state index contributed by atoms with van der Waals surface area (Å²) in [5, 5.41) is 6.79. The molecule has 1 N–H and O–H groups in total. The Hall–Kier alpha value is -2.37. The lowest BCUT2D eigenvalue weighted by atomic mass is 9.99. The van der Waals surface area contributed by atoms with Crippen molar-refractivity contribution in [3.05, 3.63) is 30.6 Å². The predicted octanol–water partition coefficient (Wildman–Crippen LogP) is 2.11. The Morgan fingerprint density at radius 2 is 2.36 bits per heavy atom. The van der Waals surface area contributed by atoms with Crippen molar-refractivity contribution >= 4 is 5.91 Å². The van der Waals surface area contributed by atoms with Crippen LogP contribution in [0.3, 0.4) is 0 Å². The molecule has 3 heterocycles. The number of aromatic amines is 1. The molecule has 0 radical (unpaired) electrons. The topological polar surface area (TPSA) is 71.1 Å². The maximum absolute atomic E-state index is 11.4. The van der Waals surface area contributed by atoms with Gasteiger partial charge >= 0.3 is 0 Å². The van der Waals surface area contributed by atoms with Gasteiger partial charge in [-0.15, -0.1) is 0 Å². The van der Waals surface area contributed by atoms with Crippen LogP contribution in [0.4, 0.5) is 0 Å². The number of nitrogens with zero attached hydrogens (tertiary/aromatic N) is 3. The molecule has 22 heavy (non-hydrogen) atoms. The molecule has 1 fully saturated rings. The highest BCUT2D eigenvalue weighted by atomic mass is 16.5. The standard InChI is InChI=1S/C16H20N4O2/c1-12(21)20-8-2-3-13(10-20)11-22-14-4-5-15(17-9-14)16-6-7-18-19-16/h4-7,9,13H,2-3,8,10-11H2,1H3,(H,18,19)/t13-/m0/s1. The van der Waals surface area contributed by atoms with Gasteiger partial charge < -0.3 is 9.64 Å². The van der Waals surface area contributed by atoms with E-state index in [1.165, 1.54) is 0 Å². The van der Waals surface area contributed by atoms with Gasteiger partial charge in [-0.2, -0.15) is 5.10 Å². The van der Waals surface area contributed by atoms with Crippen molar-refractivity contribution in [3.63, 3.8) is 0 Å². The molecule has 2 aromatic heterocycles. The highest BCUT2D eigenvalue weighted by Gasteiger charge is 2.21. The van der Waals surface area contributed by atoms with Crippen LogP contribution >= 0.6 is 0 Å². The van der Waals surface area contributed by atoms with E-state index in [-0.39, 0.29) is 5.91 Å². The van der Waals surface area contributed by atoms with E-state index in [4.69, 9.17) is 4.74 Å². The van der Waals surface area contributed by atoms with Crippen LogP contribution in [-0.2, 0) is 4.79 Å². The molecule has 6 nitrogen and oxygen atoms in total. The number of piperidine rings is 1. The fraction of sp³-hybridized carbons (Fsp3) is 0.438. The van der Waals surface area contributed by atoms with Gasteiger partial charge in [0.25, 0.3) is 0 Å². The normalized spacial score (nSPS) is 18.2. The lowest BCUT2D eigenvalue weighted by Crippen LogP contribution is -2.40. The van der Waals surface area contributed by atoms with Crippen LogP contribution in [0.25, 0.3) is 11.4 Å². The first-order chi connectivity index (χ1) is 10.7. The summed E-state index contributed by atoms with van der Waals surface area (Å²) in [5.74, 6) is 1.29. The van der Waals surface area contributed by atoms with E-state index in [0.29, 0.717) is 12.5 Å². The van der Waals surface area contributed by atoms with Crippen LogP contribution in [0.5, 0.6) is 5.75 Å². The van der Waals surface area contributed by atoms with Gasteiger partial charge in [0.05, 0.1) is 24.2 Å². The molecule has 1 aliphatic heterocycles. The molecule has 3 rings (SSSR count). The van der Waals surface area contributed by atoms with Crippen LogP contribution in [0.1, 0.15) is 19.8 Å². The number of likely N-dealkylation sites (tertiary alicyclic amines) is 1. The Labute approximate surface area is 129 Å². The molecule has 1 atom stereocenters. The second-order valence-corrected chi connectivity index (χ2v) is 5.63. The molecule has 1 amide bonds. The zero-order valence-electron chi connectivity index (χ0n) is 12.7. The minimum Gasteiger partial charge on any atom is -0.492 e. The summed E-state index contributed by atoms with van der Waals surface area (Å²) >= 11 is 0. The Bertz CT molecular complexity index is 610. The molecule has 0 bridgehead atoms. The first kappa shape index (κ1) is 14.6. The average Bonchev–Trinajstić information content (AvgIpc) is 3.08. The zero-order valence-corrected chi connectivity index (χ0v) is 12.7. The molecular formula is C16H20N4O2. The second-order valence-electron chi connectivity index (χ2n) is 5.63. The fourth-order valence-electron chi connectivity index (χ4n) is 2.72. The van der Waals surface area contributed by atoms with Crippen LogP contribution in [-0.4, -0.2) is 45.7 Å². The van der Waals surface area contributed by atoms with E-state index >= 15 is 0 Å². The smallest absolute Gasteiger partial charge is 0.219 e. The molecule has 116 valence electrons. The number of rotatable bonds is 4. The quantitative estimate of drug-likeness (QED) is 0.938. The molecule has 6 heteroatoms. The summed E-state index contributed by atoms with van der Waals surface area (Å²) in [6.07, 6.45) is 5.57. The van der Waals surface area contributed by atoms with E-state index in [9.17, 15) is 4.79 Å². The summed E-state index contributed by atoms with van der Waals surface area (Å²) in [6.45, 7) is 3.90. The Morgan fingerprint density at radius 1 is 1.45 bits per heavy atom. The summed E-state index contributed by atoms with van der Waals surface area (Å²) in [4.78, 5) is 17.7. The Balaban J connectivity index is 1.54. The molecule has 0 spiro atoms.